The lowest BCUT2D eigenvalue weighted by Crippen LogP contribution is -2.29. The second kappa shape index (κ2) is 5.53. The van der Waals surface area contributed by atoms with E-state index in [1.54, 1.807) is 36.4 Å². The van der Waals surface area contributed by atoms with Crippen molar-refractivity contribution in [3.63, 3.8) is 0 Å². The van der Waals surface area contributed by atoms with Gasteiger partial charge >= 0.3 is 0 Å². The van der Waals surface area contributed by atoms with Gasteiger partial charge < -0.3 is 0 Å². The molecule has 0 spiro atoms. The third kappa shape index (κ3) is 2.96. The number of nitrogens with zero attached hydrogens (tertiary/aromatic N) is 1. The summed E-state index contributed by atoms with van der Waals surface area (Å²) < 4.78 is 0. The lowest BCUT2D eigenvalue weighted by atomic mass is 10.1. The average molecular weight is 319 g/mol. The summed E-state index contributed by atoms with van der Waals surface area (Å²) in [7, 11) is -1.48. The number of rotatable bonds is 1. The SMILES string of the molecule is C[Si](C)(C)C#Cc1cccc(N2C(=O)c3ccccc3C2=O)c1. The molecule has 23 heavy (non-hydrogen) atoms. The minimum absolute atomic E-state index is 0.277. The first-order valence-electron chi connectivity index (χ1n) is 7.48. The van der Waals surface area contributed by atoms with Gasteiger partial charge in [-0.05, 0) is 30.3 Å². The van der Waals surface area contributed by atoms with Crippen LogP contribution in [0.15, 0.2) is 48.5 Å². The largest absolute Gasteiger partial charge is 0.268 e. The highest BCUT2D eigenvalue weighted by Gasteiger charge is 2.36. The number of anilines is 1. The van der Waals surface area contributed by atoms with Gasteiger partial charge in [0.15, 0.2) is 0 Å². The van der Waals surface area contributed by atoms with E-state index in [4.69, 9.17) is 0 Å². The Kier molecular flexibility index (Phi) is 3.67. The number of carbonyl (C=O) groups excluding carboxylic acids is 2. The number of hydrogen-bond acceptors (Lipinski definition) is 2. The summed E-state index contributed by atoms with van der Waals surface area (Å²) in [5.41, 5.74) is 5.59. The van der Waals surface area contributed by atoms with Crippen LogP contribution in [0.4, 0.5) is 5.69 Å². The zero-order valence-corrected chi connectivity index (χ0v) is 14.4. The van der Waals surface area contributed by atoms with Crippen LogP contribution in [-0.2, 0) is 0 Å². The van der Waals surface area contributed by atoms with Gasteiger partial charge in [-0.15, -0.1) is 5.54 Å². The molecular formula is C19H17NO2Si. The molecule has 0 saturated carbocycles. The Morgan fingerprint density at radius 3 is 2.04 bits per heavy atom. The molecule has 2 amide bonds. The summed E-state index contributed by atoms with van der Waals surface area (Å²) >= 11 is 0. The Morgan fingerprint density at radius 2 is 1.48 bits per heavy atom. The van der Waals surface area contributed by atoms with Gasteiger partial charge in [-0.3, -0.25) is 9.59 Å². The standard InChI is InChI=1S/C19H17NO2Si/c1-23(2,3)12-11-14-7-6-8-15(13-14)20-18(21)16-9-4-5-10-17(16)19(20)22/h4-10,13H,1-3H3. The number of hydrogen-bond donors (Lipinski definition) is 0. The van der Waals surface area contributed by atoms with Crippen molar-refractivity contribution in [2.45, 2.75) is 19.6 Å². The molecule has 2 aromatic rings. The van der Waals surface area contributed by atoms with Crippen molar-refractivity contribution in [2.75, 3.05) is 4.90 Å². The molecule has 1 aliphatic rings. The zero-order valence-electron chi connectivity index (χ0n) is 13.4. The molecule has 1 heterocycles. The first-order chi connectivity index (χ1) is 10.9. The van der Waals surface area contributed by atoms with Gasteiger partial charge in [0, 0.05) is 5.56 Å². The monoisotopic (exact) mass is 319 g/mol. The van der Waals surface area contributed by atoms with Crippen LogP contribution < -0.4 is 4.90 Å². The zero-order chi connectivity index (χ0) is 16.6. The minimum Gasteiger partial charge on any atom is -0.268 e. The molecule has 0 aliphatic carbocycles. The van der Waals surface area contributed by atoms with Crippen LogP contribution in [0.1, 0.15) is 26.3 Å². The summed E-state index contributed by atoms with van der Waals surface area (Å²) in [5, 5.41) is 0. The second-order valence-electron chi connectivity index (χ2n) is 6.54. The van der Waals surface area contributed by atoms with Crippen molar-refractivity contribution < 1.29 is 9.59 Å². The lowest BCUT2D eigenvalue weighted by Gasteiger charge is -2.14. The molecule has 3 rings (SSSR count). The maximum Gasteiger partial charge on any atom is 0.266 e. The maximum atomic E-state index is 12.5. The van der Waals surface area contributed by atoms with Crippen molar-refractivity contribution in [1.29, 1.82) is 0 Å². The van der Waals surface area contributed by atoms with Crippen LogP contribution >= 0.6 is 0 Å². The van der Waals surface area contributed by atoms with E-state index in [-0.39, 0.29) is 11.8 Å². The van der Waals surface area contributed by atoms with Crippen LogP contribution in [0.2, 0.25) is 19.6 Å². The third-order valence-corrected chi connectivity index (χ3v) is 4.36. The molecule has 0 saturated heterocycles. The van der Waals surface area contributed by atoms with Crippen molar-refractivity contribution in [2.24, 2.45) is 0 Å². The normalized spacial score (nSPS) is 13.6. The fraction of sp³-hybridized carbons (Fsp3) is 0.158. The average Bonchev–Trinajstić information content (AvgIpc) is 2.77. The van der Waals surface area contributed by atoms with Crippen molar-refractivity contribution in [1.82, 2.24) is 0 Å². The highest BCUT2D eigenvalue weighted by Crippen LogP contribution is 2.28. The number of benzene rings is 2. The maximum absolute atomic E-state index is 12.5. The van der Waals surface area contributed by atoms with Crippen molar-refractivity contribution >= 4 is 25.6 Å². The van der Waals surface area contributed by atoms with E-state index >= 15 is 0 Å². The molecule has 3 nitrogen and oxygen atoms in total. The molecule has 1 aliphatic heterocycles. The van der Waals surface area contributed by atoms with Crippen LogP contribution in [-0.4, -0.2) is 19.9 Å². The van der Waals surface area contributed by atoms with Gasteiger partial charge in [-0.25, -0.2) is 4.90 Å². The van der Waals surface area contributed by atoms with E-state index in [0.717, 1.165) is 5.56 Å². The predicted octanol–water partition coefficient (Wildman–Crippen LogP) is 3.72. The minimum atomic E-state index is -1.48. The van der Waals surface area contributed by atoms with Gasteiger partial charge in [0.25, 0.3) is 11.8 Å². The Labute approximate surface area is 137 Å². The van der Waals surface area contributed by atoms with Gasteiger partial charge in [0.05, 0.1) is 16.8 Å². The summed E-state index contributed by atoms with van der Waals surface area (Å²) in [4.78, 5) is 26.3. The summed E-state index contributed by atoms with van der Waals surface area (Å²) in [6.45, 7) is 6.52. The quantitative estimate of drug-likeness (QED) is 0.456. The molecule has 0 bridgehead atoms. The Balaban J connectivity index is 1.99. The smallest absolute Gasteiger partial charge is 0.266 e. The summed E-state index contributed by atoms with van der Waals surface area (Å²) in [6.07, 6.45) is 0. The molecule has 0 unspecified atom stereocenters. The van der Waals surface area contributed by atoms with Gasteiger partial charge in [-0.1, -0.05) is 43.8 Å². The van der Waals surface area contributed by atoms with Crippen LogP contribution in [0.25, 0.3) is 0 Å². The van der Waals surface area contributed by atoms with Crippen LogP contribution in [0.3, 0.4) is 0 Å². The molecule has 0 aromatic heterocycles. The first kappa shape index (κ1) is 15.3. The van der Waals surface area contributed by atoms with Crippen LogP contribution in [0.5, 0.6) is 0 Å². The van der Waals surface area contributed by atoms with E-state index in [1.807, 2.05) is 12.1 Å². The summed E-state index contributed by atoms with van der Waals surface area (Å²) in [5.74, 6) is 2.61. The van der Waals surface area contributed by atoms with Gasteiger partial charge in [0.1, 0.15) is 8.07 Å². The van der Waals surface area contributed by atoms with Gasteiger partial charge in [0.2, 0.25) is 0 Å². The van der Waals surface area contributed by atoms with Gasteiger partial charge in [-0.2, -0.15) is 0 Å². The molecule has 0 atom stereocenters. The fourth-order valence-corrected chi connectivity index (χ4v) is 2.93. The molecule has 0 fully saturated rings. The van der Waals surface area contributed by atoms with Crippen molar-refractivity contribution in [3.05, 3.63) is 65.2 Å². The second-order valence-corrected chi connectivity index (χ2v) is 11.3. The van der Waals surface area contributed by atoms with E-state index < -0.39 is 8.07 Å². The fourth-order valence-electron chi connectivity index (χ4n) is 2.41. The molecule has 2 aromatic carbocycles. The molecular weight excluding hydrogens is 302 g/mol. The van der Waals surface area contributed by atoms with E-state index in [0.29, 0.717) is 16.8 Å². The topological polar surface area (TPSA) is 37.4 Å². The Bertz CT molecular complexity index is 834. The number of amides is 2. The highest BCUT2D eigenvalue weighted by molar-refractivity contribution is 6.83. The van der Waals surface area contributed by atoms with E-state index in [9.17, 15) is 9.59 Å². The third-order valence-electron chi connectivity index (χ3n) is 3.48. The Morgan fingerprint density at radius 1 is 0.870 bits per heavy atom. The van der Waals surface area contributed by atoms with Crippen molar-refractivity contribution in [3.8, 4) is 11.5 Å². The lowest BCUT2D eigenvalue weighted by molar-refractivity contribution is 0.0926. The van der Waals surface area contributed by atoms with Crippen LogP contribution in [0, 0.1) is 11.5 Å². The first-order valence-corrected chi connectivity index (χ1v) is 11.0. The highest BCUT2D eigenvalue weighted by atomic mass is 28.3. The Hall–Kier alpha value is -2.64. The summed E-state index contributed by atoms with van der Waals surface area (Å²) in [6, 6.07) is 14.2. The van der Waals surface area contributed by atoms with E-state index in [2.05, 4.69) is 31.1 Å². The predicted molar refractivity (Wildman–Crippen MR) is 94.2 cm³/mol. The van der Waals surface area contributed by atoms with E-state index in [1.165, 1.54) is 4.90 Å². The number of imide groups is 1. The molecule has 114 valence electrons. The molecule has 0 radical (unpaired) electrons. The number of fused-ring (bicyclic) bond motifs is 1. The number of carbonyl (C=O) groups is 2. The molecule has 4 heteroatoms. The molecule has 0 N–H and O–H groups in total.